The maximum Gasteiger partial charge on any atom is 0.222 e. The Morgan fingerprint density at radius 3 is 1.36 bits per heavy atom. The summed E-state index contributed by atoms with van der Waals surface area (Å²) >= 11 is 0. The van der Waals surface area contributed by atoms with E-state index in [4.69, 9.17) is 0 Å². The lowest BCUT2D eigenvalue weighted by molar-refractivity contribution is -0.133. The van der Waals surface area contributed by atoms with Crippen LogP contribution < -0.4 is 0 Å². The molecule has 0 aromatic rings. The summed E-state index contributed by atoms with van der Waals surface area (Å²) in [6, 6.07) is 0. The molecule has 0 bridgehead atoms. The van der Waals surface area contributed by atoms with Gasteiger partial charge in [-0.2, -0.15) is 0 Å². The number of aliphatic hydroxyl groups excluding tert-OH is 2. The van der Waals surface area contributed by atoms with Crippen molar-refractivity contribution >= 4 is 5.91 Å². The minimum Gasteiger partial charge on any atom is -0.394 e. The van der Waals surface area contributed by atoms with E-state index in [1.807, 2.05) is 4.90 Å². The molecule has 0 saturated heterocycles. The number of carbonyl (C=O) groups excluding carboxylic acids is 1. The number of nitrogens with zero attached hydrogens (tertiary/aromatic N) is 1. The number of hydrogen-bond acceptors (Lipinski definition) is 3. The van der Waals surface area contributed by atoms with Crippen LogP contribution in [-0.4, -0.2) is 46.8 Å². The van der Waals surface area contributed by atoms with Gasteiger partial charge < -0.3 is 15.1 Å². The van der Waals surface area contributed by atoms with Crippen molar-refractivity contribution in [3.63, 3.8) is 0 Å². The molecule has 2 N–H and O–H groups in total. The second-order valence-electron chi connectivity index (χ2n) is 14.3. The highest BCUT2D eigenvalue weighted by Crippen LogP contribution is 2.25. The van der Waals surface area contributed by atoms with Gasteiger partial charge in [-0.05, 0) is 24.7 Å². The van der Waals surface area contributed by atoms with Crippen molar-refractivity contribution in [2.24, 2.45) is 11.8 Å². The predicted molar refractivity (Wildman–Crippen MR) is 193 cm³/mol. The average Bonchev–Trinajstić information content (AvgIpc) is 3.03. The maximum absolute atomic E-state index is 13.3. The molecule has 0 spiro atoms. The minimum absolute atomic E-state index is 0.175. The molecule has 0 aromatic carbocycles. The summed E-state index contributed by atoms with van der Waals surface area (Å²) in [7, 11) is 0. The fourth-order valence-electron chi connectivity index (χ4n) is 6.93. The van der Waals surface area contributed by atoms with Crippen LogP contribution in [0.2, 0.25) is 0 Å². The average molecular weight is 624 g/mol. The van der Waals surface area contributed by atoms with E-state index in [0.29, 0.717) is 18.9 Å². The zero-order valence-electron chi connectivity index (χ0n) is 30.6. The van der Waals surface area contributed by atoms with Gasteiger partial charge in [-0.1, -0.05) is 195 Å². The summed E-state index contributed by atoms with van der Waals surface area (Å²) in [5, 5.41) is 19.6. The third kappa shape index (κ3) is 27.7. The Labute approximate surface area is 276 Å². The highest BCUT2D eigenvalue weighted by molar-refractivity contribution is 5.76. The van der Waals surface area contributed by atoms with Gasteiger partial charge in [-0.3, -0.25) is 4.79 Å². The van der Waals surface area contributed by atoms with Gasteiger partial charge in [-0.25, -0.2) is 0 Å². The summed E-state index contributed by atoms with van der Waals surface area (Å²) in [5.41, 5.74) is 0. The van der Waals surface area contributed by atoms with Crippen LogP contribution in [0, 0.1) is 11.8 Å². The van der Waals surface area contributed by atoms with E-state index in [-0.39, 0.29) is 19.1 Å². The first-order valence-corrected chi connectivity index (χ1v) is 20.1. The van der Waals surface area contributed by atoms with Crippen molar-refractivity contribution in [1.29, 1.82) is 0 Å². The Morgan fingerprint density at radius 2 is 0.909 bits per heavy atom. The van der Waals surface area contributed by atoms with E-state index in [1.165, 1.54) is 161 Å². The summed E-state index contributed by atoms with van der Waals surface area (Å²) in [5.74, 6) is 1.67. The topological polar surface area (TPSA) is 60.8 Å². The molecular weight excluding hydrogens is 542 g/mol. The molecule has 0 aromatic heterocycles. The lowest BCUT2D eigenvalue weighted by atomic mass is 9.90. The smallest absolute Gasteiger partial charge is 0.222 e. The molecule has 0 saturated carbocycles. The van der Waals surface area contributed by atoms with Gasteiger partial charge in [0.05, 0.1) is 12.7 Å². The minimum atomic E-state index is -0.840. The molecule has 3 atom stereocenters. The zero-order valence-corrected chi connectivity index (χ0v) is 30.6. The zero-order chi connectivity index (χ0) is 32.5. The fourth-order valence-corrected chi connectivity index (χ4v) is 6.93. The van der Waals surface area contributed by atoms with Crippen LogP contribution in [0.5, 0.6) is 0 Å². The Hall–Kier alpha value is -0.610. The van der Waals surface area contributed by atoms with Gasteiger partial charge in [0, 0.05) is 19.5 Å². The van der Waals surface area contributed by atoms with E-state index >= 15 is 0 Å². The van der Waals surface area contributed by atoms with Gasteiger partial charge in [0.1, 0.15) is 0 Å². The van der Waals surface area contributed by atoms with Crippen molar-refractivity contribution in [3.8, 4) is 0 Å². The Kier molecular flexibility index (Phi) is 33.3. The summed E-state index contributed by atoms with van der Waals surface area (Å²) < 4.78 is 0. The first-order chi connectivity index (χ1) is 21.5. The van der Waals surface area contributed by atoms with Crippen LogP contribution in [-0.2, 0) is 4.79 Å². The van der Waals surface area contributed by atoms with Crippen LogP contribution in [0.25, 0.3) is 0 Å². The van der Waals surface area contributed by atoms with Crippen LogP contribution >= 0.6 is 0 Å². The number of unbranched alkanes of at least 4 members (excludes halogenated alkanes) is 17. The second kappa shape index (κ2) is 33.7. The number of hydrogen-bond donors (Lipinski definition) is 2. The van der Waals surface area contributed by atoms with E-state index < -0.39 is 6.10 Å². The molecule has 0 heterocycles. The molecule has 0 rings (SSSR count). The molecule has 0 aliphatic heterocycles. The molecule has 1 amide bonds. The Morgan fingerprint density at radius 1 is 0.500 bits per heavy atom. The van der Waals surface area contributed by atoms with Crippen molar-refractivity contribution < 1.29 is 15.0 Å². The quantitative estimate of drug-likeness (QED) is 0.0690. The molecule has 0 aliphatic carbocycles. The van der Waals surface area contributed by atoms with E-state index in [2.05, 4.69) is 27.7 Å². The van der Waals surface area contributed by atoms with Gasteiger partial charge >= 0.3 is 0 Å². The number of aliphatic hydroxyl groups is 2. The number of amides is 1. The number of carbonyl (C=O) groups is 1. The molecule has 3 unspecified atom stereocenters. The van der Waals surface area contributed by atoms with Gasteiger partial charge in [0.2, 0.25) is 5.91 Å². The van der Waals surface area contributed by atoms with E-state index in [1.54, 1.807) is 0 Å². The Balaban J connectivity index is 4.49. The first-order valence-electron chi connectivity index (χ1n) is 20.1. The molecule has 44 heavy (non-hydrogen) atoms. The third-order valence-electron chi connectivity index (χ3n) is 9.90. The van der Waals surface area contributed by atoms with E-state index in [0.717, 1.165) is 25.2 Å². The molecular formula is C40H81NO3. The number of rotatable bonds is 35. The SMILES string of the molecule is CCCCCCCCCCCCC(CCCC)CCC(=O)N(CCCCCC(CCC)CCCCCCCC)CC(O)CO. The Bertz CT molecular complexity index is 583. The monoisotopic (exact) mass is 624 g/mol. The standard InChI is InChI=1S/C40H81NO3/c1-5-9-12-14-16-17-18-19-21-24-31-38(28-11-7-3)32-33-40(44)41(35-39(43)36-42)34-26-22-25-30-37(27-8-4)29-23-20-15-13-10-6-2/h37-39,42-43H,5-36H2,1-4H3. The normalized spacial score (nSPS) is 13.7. The highest BCUT2D eigenvalue weighted by Gasteiger charge is 2.19. The molecule has 4 nitrogen and oxygen atoms in total. The van der Waals surface area contributed by atoms with Gasteiger partial charge in [0.25, 0.3) is 0 Å². The third-order valence-corrected chi connectivity index (χ3v) is 9.90. The molecule has 0 aliphatic rings. The van der Waals surface area contributed by atoms with Crippen molar-refractivity contribution in [1.82, 2.24) is 4.90 Å². The molecule has 264 valence electrons. The van der Waals surface area contributed by atoms with Gasteiger partial charge in [0.15, 0.2) is 0 Å². The van der Waals surface area contributed by atoms with Crippen molar-refractivity contribution in [3.05, 3.63) is 0 Å². The molecule has 4 heteroatoms. The summed E-state index contributed by atoms with van der Waals surface area (Å²) in [6.07, 6.45) is 36.3. The summed E-state index contributed by atoms with van der Waals surface area (Å²) in [4.78, 5) is 15.2. The maximum atomic E-state index is 13.3. The first kappa shape index (κ1) is 43.4. The highest BCUT2D eigenvalue weighted by atomic mass is 16.3. The lowest BCUT2D eigenvalue weighted by Crippen LogP contribution is -2.39. The largest absolute Gasteiger partial charge is 0.394 e. The second-order valence-corrected chi connectivity index (χ2v) is 14.3. The van der Waals surface area contributed by atoms with Crippen LogP contribution in [0.4, 0.5) is 0 Å². The van der Waals surface area contributed by atoms with Crippen molar-refractivity contribution in [2.75, 3.05) is 19.7 Å². The van der Waals surface area contributed by atoms with Gasteiger partial charge in [-0.15, -0.1) is 0 Å². The van der Waals surface area contributed by atoms with E-state index in [9.17, 15) is 15.0 Å². The molecule has 0 fully saturated rings. The molecule has 0 radical (unpaired) electrons. The lowest BCUT2D eigenvalue weighted by Gasteiger charge is -2.26. The summed E-state index contributed by atoms with van der Waals surface area (Å²) in [6.45, 7) is 9.84. The van der Waals surface area contributed by atoms with Crippen LogP contribution in [0.15, 0.2) is 0 Å². The van der Waals surface area contributed by atoms with Crippen molar-refractivity contribution in [2.45, 2.75) is 220 Å². The predicted octanol–water partition coefficient (Wildman–Crippen LogP) is 11.8. The fraction of sp³-hybridized carbons (Fsp3) is 0.975. The van der Waals surface area contributed by atoms with Crippen LogP contribution in [0.1, 0.15) is 214 Å². The van der Waals surface area contributed by atoms with Crippen LogP contribution in [0.3, 0.4) is 0 Å².